The number of carbonyl (C=O) groups is 5. The molecular weight excluding hydrogens is 1540 g/mol. The largest absolute Gasteiger partial charge is 0.489 e. The van der Waals surface area contributed by atoms with E-state index in [0.29, 0.717) is 149 Å². The van der Waals surface area contributed by atoms with Crippen molar-refractivity contribution in [3.63, 3.8) is 0 Å². The number of nitrogens with zero attached hydrogens (tertiary/aromatic N) is 3. The van der Waals surface area contributed by atoms with E-state index in [1.165, 1.54) is 9.80 Å². The number of carbonyl (C=O) groups excluding carboxylic acids is 1. The van der Waals surface area contributed by atoms with Gasteiger partial charge in [-0.1, -0.05) is 0 Å². The van der Waals surface area contributed by atoms with Crippen LogP contribution < -0.4 is 37.9 Å². The van der Waals surface area contributed by atoms with Crippen LogP contribution in [0.4, 0.5) is 0 Å². The van der Waals surface area contributed by atoms with Crippen LogP contribution in [0.3, 0.4) is 0 Å². The summed E-state index contributed by atoms with van der Waals surface area (Å²) >= 11 is 0. The highest BCUT2D eigenvalue weighted by atomic mass is 16.6. The molecule has 0 radical (unpaired) electrons. The molecule has 39 nitrogen and oxygen atoms in total. The molecule has 0 unspecified atom stereocenters. The number of carboxylic acid groups (broad SMARTS) is 4. The number of ether oxygens (including phenoxy) is 27. The maximum atomic E-state index is 13.9. The van der Waals surface area contributed by atoms with Gasteiger partial charge in [0.2, 0.25) is 11.5 Å². The van der Waals surface area contributed by atoms with Gasteiger partial charge in [0.1, 0.15) is 71.0 Å². The van der Waals surface area contributed by atoms with E-state index in [4.69, 9.17) is 128 Å². The van der Waals surface area contributed by atoms with Crippen LogP contribution in [0.25, 0.3) is 0 Å². The van der Waals surface area contributed by atoms with Crippen molar-refractivity contribution in [2.24, 2.45) is 0 Å². The Labute approximate surface area is 678 Å². The summed E-state index contributed by atoms with van der Waals surface area (Å²) in [6.45, 7) is 5.84. The summed E-state index contributed by atoms with van der Waals surface area (Å²) in [5, 5.41) is 38.5. The fraction of sp³-hybridized carbons (Fsp3) is 0.701. The van der Waals surface area contributed by atoms with E-state index in [9.17, 15) is 44.4 Å². The fourth-order valence-electron chi connectivity index (χ4n) is 9.81. The van der Waals surface area contributed by atoms with Crippen LogP contribution in [0.2, 0.25) is 0 Å². The molecular formula is C77H125N3O36. The first-order valence-electron chi connectivity index (χ1n) is 38.2. The van der Waals surface area contributed by atoms with E-state index < -0.39 is 69.2 Å². The summed E-state index contributed by atoms with van der Waals surface area (Å²) in [6, 6.07) is 11.8. The molecule has 3 aromatic rings. The van der Waals surface area contributed by atoms with Crippen LogP contribution >= 0.6 is 0 Å². The van der Waals surface area contributed by atoms with Gasteiger partial charge in [-0.3, -0.25) is 38.7 Å². The molecule has 39 heteroatoms. The van der Waals surface area contributed by atoms with Crippen LogP contribution in [0, 0.1) is 0 Å². The maximum absolute atomic E-state index is 13.9. The lowest BCUT2D eigenvalue weighted by atomic mass is 10.1. The Balaban J connectivity index is 2.18. The molecule has 0 amide bonds. The summed E-state index contributed by atoms with van der Waals surface area (Å²) < 4.78 is 156. The summed E-state index contributed by atoms with van der Waals surface area (Å²) in [4.78, 5) is 64.9. The zero-order valence-corrected chi connectivity index (χ0v) is 68.2. The molecule has 0 aromatic heterocycles. The monoisotopic (exact) mass is 1670 g/mol. The standard InChI is InChI=1S/C77H125N3O36/c1-90-11-17-96-23-29-102-35-41-108-67-49-63(50-68(109-42-36-103-30-24-97-18-12-91-2)76(67)112-45-39-106-33-27-100-21-15-94-5)59-114-65-47-62(61-116-75(89)58-80(57-74(87)88)10-8-78(54-71(81)82)7-9-79(55-72(83)84)56-73(85)86)48-66(53-65)115-60-64-51-69(110-43-37-104-31-25-98-19-13-92-3)77(113-46-40-107-34-28-101-22-16-95-6)70(52-64)111-44-38-105-32-26-99-20-14-93-4/h47-53H,7-46,54-61H2,1-6H3,(H,81,82)(H,83,84)(H,85,86)(H,87,88). The van der Waals surface area contributed by atoms with Crippen LogP contribution in [-0.2, 0) is 134 Å². The molecule has 116 heavy (non-hydrogen) atoms. The van der Waals surface area contributed by atoms with Gasteiger partial charge in [0.15, 0.2) is 23.0 Å². The molecule has 0 heterocycles. The number of esters is 1. The first kappa shape index (κ1) is 103. The van der Waals surface area contributed by atoms with E-state index in [1.807, 2.05) is 0 Å². The van der Waals surface area contributed by atoms with Gasteiger partial charge in [-0.05, 0) is 53.1 Å². The maximum Gasteiger partial charge on any atom is 0.320 e. The van der Waals surface area contributed by atoms with Crippen LogP contribution in [-0.4, -0.2) is 404 Å². The molecule has 0 atom stereocenters. The van der Waals surface area contributed by atoms with Crippen molar-refractivity contribution in [3.8, 4) is 46.0 Å². The third kappa shape index (κ3) is 54.5. The van der Waals surface area contributed by atoms with Crippen molar-refractivity contribution in [2.45, 2.75) is 19.8 Å². The molecule has 3 aromatic carbocycles. The van der Waals surface area contributed by atoms with Crippen molar-refractivity contribution in [1.29, 1.82) is 0 Å². The molecule has 0 aliphatic heterocycles. The number of rotatable bonds is 84. The average Bonchev–Trinajstić information content (AvgIpc) is 0.821. The second-order valence-corrected chi connectivity index (χ2v) is 24.6. The van der Waals surface area contributed by atoms with E-state index in [0.717, 1.165) is 4.90 Å². The molecule has 4 N–H and O–H groups in total. The zero-order valence-electron chi connectivity index (χ0n) is 68.2. The topological polar surface area (TPSA) is 425 Å². The Kier molecular flexibility index (Phi) is 62.5. The van der Waals surface area contributed by atoms with Crippen LogP contribution in [0.1, 0.15) is 16.7 Å². The van der Waals surface area contributed by atoms with E-state index in [-0.39, 0.29) is 191 Å². The van der Waals surface area contributed by atoms with Crippen molar-refractivity contribution < 1.29 is 172 Å². The Hall–Kier alpha value is -7.43. The first-order valence-corrected chi connectivity index (χ1v) is 38.2. The van der Waals surface area contributed by atoms with Gasteiger partial charge in [-0.15, -0.1) is 0 Å². The highest BCUT2D eigenvalue weighted by Gasteiger charge is 2.24. The molecule has 3 rings (SSSR count). The Morgan fingerprint density at radius 2 is 0.457 bits per heavy atom. The lowest BCUT2D eigenvalue weighted by Crippen LogP contribution is -2.45. The van der Waals surface area contributed by atoms with Gasteiger partial charge in [-0.25, -0.2) is 0 Å². The van der Waals surface area contributed by atoms with Crippen molar-refractivity contribution in [2.75, 3.05) is 339 Å². The fourth-order valence-corrected chi connectivity index (χ4v) is 9.81. The smallest absolute Gasteiger partial charge is 0.320 e. The Bertz CT molecular complexity index is 2760. The number of hydrogen-bond donors (Lipinski definition) is 4. The van der Waals surface area contributed by atoms with Gasteiger partial charge in [0.05, 0.1) is 231 Å². The minimum absolute atomic E-state index is 0.0720. The quantitative estimate of drug-likeness (QED) is 0.0466. The number of carboxylic acids is 4. The third-order valence-electron chi connectivity index (χ3n) is 15.3. The van der Waals surface area contributed by atoms with Crippen molar-refractivity contribution in [3.05, 3.63) is 59.2 Å². The molecule has 0 spiro atoms. The predicted octanol–water partition coefficient (Wildman–Crippen LogP) is 2.48. The summed E-state index contributed by atoms with van der Waals surface area (Å²) in [5.41, 5.74) is 1.41. The highest BCUT2D eigenvalue weighted by molar-refractivity contribution is 5.74. The van der Waals surface area contributed by atoms with Gasteiger partial charge < -0.3 is 148 Å². The van der Waals surface area contributed by atoms with Gasteiger partial charge in [0, 0.05) is 74.9 Å². The summed E-state index contributed by atoms with van der Waals surface area (Å²) in [5.74, 6) is -4.02. The van der Waals surface area contributed by atoms with Gasteiger partial charge >= 0.3 is 29.8 Å². The van der Waals surface area contributed by atoms with Crippen LogP contribution in [0.5, 0.6) is 46.0 Å². The second kappa shape index (κ2) is 70.6. The van der Waals surface area contributed by atoms with Crippen molar-refractivity contribution >= 4 is 29.8 Å². The Morgan fingerprint density at radius 1 is 0.241 bits per heavy atom. The van der Waals surface area contributed by atoms with E-state index >= 15 is 0 Å². The lowest BCUT2D eigenvalue weighted by molar-refractivity contribution is -0.148. The molecule has 0 saturated carbocycles. The van der Waals surface area contributed by atoms with Crippen molar-refractivity contribution in [1.82, 2.24) is 14.7 Å². The zero-order chi connectivity index (χ0) is 84.0. The number of methoxy groups -OCH3 is 6. The number of benzene rings is 3. The molecule has 664 valence electrons. The minimum Gasteiger partial charge on any atom is -0.489 e. The molecule has 0 bridgehead atoms. The highest BCUT2D eigenvalue weighted by Crippen LogP contribution is 2.41. The van der Waals surface area contributed by atoms with E-state index in [1.54, 1.807) is 85.1 Å². The second-order valence-electron chi connectivity index (χ2n) is 24.6. The van der Waals surface area contributed by atoms with E-state index in [2.05, 4.69) is 0 Å². The average molecular weight is 1670 g/mol. The SMILES string of the molecule is COCCOCCOCCOc1cc(COc2cc(COC(=O)CN(CCN(CCN(CC(=O)O)CC(=O)O)CC(=O)O)CC(=O)O)cc(OCc3cc(OCCOCCOCCOC)c(OCCOCCOCCOC)c(OCCOCCOCCOC)c3)c2)cc(OCCOCCOCCOC)c1OCCOCCOCCOC. The number of aliphatic carboxylic acids is 4. The molecule has 0 fully saturated rings. The van der Waals surface area contributed by atoms with Gasteiger partial charge in [0.25, 0.3) is 0 Å². The van der Waals surface area contributed by atoms with Gasteiger partial charge in [-0.2, -0.15) is 0 Å². The predicted molar refractivity (Wildman–Crippen MR) is 412 cm³/mol. The summed E-state index contributed by atoms with van der Waals surface area (Å²) in [6.07, 6.45) is 0. The first-order chi connectivity index (χ1) is 56.6. The van der Waals surface area contributed by atoms with Crippen LogP contribution in [0.15, 0.2) is 42.5 Å². The minimum atomic E-state index is -1.31. The number of hydrogen-bond acceptors (Lipinski definition) is 35. The summed E-state index contributed by atoms with van der Waals surface area (Å²) in [7, 11) is 9.52. The normalized spacial score (nSPS) is 11.4. The third-order valence-corrected chi connectivity index (χ3v) is 15.3. The lowest BCUT2D eigenvalue weighted by Gasteiger charge is -2.27. The molecule has 0 saturated heterocycles. The molecule has 0 aliphatic rings. The Morgan fingerprint density at radius 3 is 0.716 bits per heavy atom. The molecule has 0 aliphatic carbocycles.